The molecular weight excluding hydrogens is 262 g/mol. The molecule has 0 saturated heterocycles. The second-order valence-corrected chi connectivity index (χ2v) is 4.81. The number of guanidine groups is 1. The van der Waals surface area contributed by atoms with E-state index in [1.165, 1.54) is 0 Å². The summed E-state index contributed by atoms with van der Waals surface area (Å²) in [4.78, 5) is 10.00. The molecule has 0 aliphatic rings. The van der Waals surface area contributed by atoms with Gasteiger partial charge in [-0.3, -0.25) is 4.40 Å². The summed E-state index contributed by atoms with van der Waals surface area (Å²) >= 11 is 1.63. The highest BCUT2D eigenvalue weighted by Gasteiger charge is 2.02. The van der Waals surface area contributed by atoms with Gasteiger partial charge in [-0.1, -0.05) is 0 Å². The number of hydrogen-bond acceptors (Lipinski definition) is 4. The van der Waals surface area contributed by atoms with E-state index < -0.39 is 0 Å². The van der Waals surface area contributed by atoms with Crippen LogP contribution in [0, 0.1) is 0 Å². The molecule has 19 heavy (non-hydrogen) atoms. The van der Waals surface area contributed by atoms with Crippen molar-refractivity contribution in [1.82, 2.24) is 20.0 Å². The lowest BCUT2D eigenvalue weighted by Gasteiger charge is -2.10. The van der Waals surface area contributed by atoms with Crippen LogP contribution in [0.1, 0.15) is 12.6 Å². The molecule has 0 amide bonds. The fourth-order valence-electron chi connectivity index (χ4n) is 1.63. The Morgan fingerprint density at radius 2 is 2.42 bits per heavy atom. The predicted octanol–water partition coefficient (Wildman–Crippen LogP) is 1.10. The van der Waals surface area contributed by atoms with Crippen LogP contribution in [0.5, 0.6) is 0 Å². The van der Waals surface area contributed by atoms with Crippen LogP contribution in [0.4, 0.5) is 0 Å². The number of nitrogens with one attached hydrogen (secondary N) is 2. The van der Waals surface area contributed by atoms with Gasteiger partial charge in [-0.05, 0) is 6.92 Å². The lowest BCUT2D eigenvalue weighted by molar-refractivity contribution is 0.203. The molecule has 6 nitrogen and oxygen atoms in total. The third-order valence-corrected chi connectivity index (χ3v) is 3.26. The van der Waals surface area contributed by atoms with Crippen molar-refractivity contribution in [2.24, 2.45) is 4.99 Å². The summed E-state index contributed by atoms with van der Waals surface area (Å²) in [6.07, 6.45) is 4.01. The Labute approximate surface area is 116 Å². The molecule has 2 N–H and O–H groups in total. The van der Waals surface area contributed by atoms with Crippen LogP contribution in [0.25, 0.3) is 4.96 Å². The van der Waals surface area contributed by atoms with Crippen molar-refractivity contribution in [3.05, 3.63) is 23.5 Å². The van der Waals surface area contributed by atoms with Gasteiger partial charge in [-0.15, -0.1) is 11.3 Å². The van der Waals surface area contributed by atoms with Crippen molar-refractivity contribution < 1.29 is 4.74 Å². The molecule has 2 heterocycles. The van der Waals surface area contributed by atoms with E-state index in [-0.39, 0.29) is 0 Å². The molecule has 0 atom stereocenters. The van der Waals surface area contributed by atoms with Gasteiger partial charge in [0.1, 0.15) is 0 Å². The number of thiazole rings is 1. The Hall–Kier alpha value is -1.60. The van der Waals surface area contributed by atoms with E-state index in [0.717, 1.165) is 29.7 Å². The Morgan fingerprint density at radius 3 is 3.16 bits per heavy atom. The third-order valence-electron chi connectivity index (χ3n) is 2.49. The van der Waals surface area contributed by atoms with Gasteiger partial charge in [0, 0.05) is 38.0 Å². The van der Waals surface area contributed by atoms with E-state index in [0.29, 0.717) is 13.2 Å². The first-order valence-corrected chi connectivity index (χ1v) is 7.13. The number of methoxy groups -OCH3 is 1. The predicted molar refractivity (Wildman–Crippen MR) is 77.8 cm³/mol. The summed E-state index contributed by atoms with van der Waals surface area (Å²) in [5.41, 5.74) is 0.968. The highest BCUT2D eigenvalue weighted by atomic mass is 32.1. The summed E-state index contributed by atoms with van der Waals surface area (Å²) in [6.45, 7) is 4.83. The summed E-state index contributed by atoms with van der Waals surface area (Å²) in [7, 11) is 1.68. The topological polar surface area (TPSA) is 63.0 Å². The van der Waals surface area contributed by atoms with Crippen molar-refractivity contribution in [2.75, 3.05) is 26.8 Å². The van der Waals surface area contributed by atoms with E-state index >= 15 is 0 Å². The van der Waals surface area contributed by atoms with Gasteiger partial charge in [0.15, 0.2) is 10.9 Å². The maximum Gasteiger partial charge on any atom is 0.193 e. The van der Waals surface area contributed by atoms with E-state index in [1.54, 1.807) is 18.4 Å². The fraction of sp³-hybridized carbons (Fsp3) is 0.500. The number of aliphatic imine (C=N–C) groups is 1. The Bertz CT molecular complexity index is 504. The summed E-state index contributed by atoms with van der Waals surface area (Å²) in [6, 6.07) is 0. The standard InChI is InChI=1S/C12H19N5OS/c1-3-13-11(14-4-6-18-2)15-8-10-9-17-5-7-19-12(17)16-10/h5,7,9H,3-4,6,8H2,1-2H3,(H2,13,14,15). The number of imidazole rings is 1. The summed E-state index contributed by atoms with van der Waals surface area (Å²) in [5, 5.41) is 8.41. The zero-order valence-corrected chi connectivity index (χ0v) is 12.0. The molecule has 0 radical (unpaired) electrons. The van der Waals surface area contributed by atoms with Gasteiger partial charge in [-0.2, -0.15) is 0 Å². The minimum atomic E-state index is 0.566. The zero-order valence-electron chi connectivity index (χ0n) is 11.2. The first kappa shape index (κ1) is 13.8. The molecular formula is C12H19N5OS. The van der Waals surface area contributed by atoms with Crippen molar-refractivity contribution in [3.63, 3.8) is 0 Å². The molecule has 2 aromatic heterocycles. The SMILES string of the molecule is CCNC(=NCc1cn2ccsc2n1)NCCOC. The molecule has 2 aromatic rings. The minimum absolute atomic E-state index is 0.566. The van der Waals surface area contributed by atoms with Crippen LogP contribution in [-0.4, -0.2) is 42.2 Å². The highest BCUT2D eigenvalue weighted by Crippen LogP contribution is 2.11. The smallest absolute Gasteiger partial charge is 0.193 e. The van der Waals surface area contributed by atoms with Gasteiger partial charge in [0.25, 0.3) is 0 Å². The van der Waals surface area contributed by atoms with Crippen molar-refractivity contribution in [1.29, 1.82) is 0 Å². The van der Waals surface area contributed by atoms with Crippen LogP contribution < -0.4 is 10.6 Å². The molecule has 104 valence electrons. The minimum Gasteiger partial charge on any atom is -0.383 e. The van der Waals surface area contributed by atoms with Crippen molar-refractivity contribution in [3.8, 4) is 0 Å². The summed E-state index contributed by atoms with van der Waals surface area (Å²) in [5.74, 6) is 0.788. The Morgan fingerprint density at radius 1 is 1.53 bits per heavy atom. The normalized spacial score (nSPS) is 12.0. The zero-order chi connectivity index (χ0) is 13.5. The van der Waals surface area contributed by atoms with Gasteiger partial charge >= 0.3 is 0 Å². The van der Waals surface area contributed by atoms with E-state index in [4.69, 9.17) is 4.74 Å². The van der Waals surface area contributed by atoms with Gasteiger partial charge < -0.3 is 15.4 Å². The van der Waals surface area contributed by atoms with Gasteiger partial charge in [0.2, 0.25) is 0 Å². The van der Waals surface area contributed by atoms with Crippen molar-refractivity contribution >= 4 is 22.3 Å². The molecule has 2 rings (SSSR count). The second kappa shape index (κ2) is 7.10. The molecule has 7 heteroatoms. The molecule has 0 saturated carbocycles. The number of hydrogen-bond donors (Lipinski definition) is 2. The number of fused-ring (bicyclic) bond motifs is 1. The van der Waals surface area contributed by atoms with Crippen LogP contribution >= 0.6 is 11.3 Å². The maximum atomic E-state index is 5.00. The van der Waals surface area contributed by atoms with Crippen LogP contribution in [0.2, 0.25) is 0 Å². The molecule has 0 spiro atoms. The lowest BCUT2D eigenvalue weighted by Crippen LogP contribution is -2.38. The fourth-order valence-corrected chi connectivity index (χ4v) is 2.34. The number of rotatable bonds is 6. The van der Waals surface area contributed by atoms with Crippen LogP contribution in [0.15, 0.2) is 22.8 Å². The van der Waals surface area contributed by atoms with Gasteiger partial charge in [-0.25, -0.2) is 9.98 Å². The largest absolute Gasteiger partial charge is 0.383 e. The molecule has 0 unspecified atom stereocenters. The van der Waals surface area contributed by atoms with Gasteiger partial charge in [0.05, 0.1) is 18.8 Å². The summed E-state index contributed by atoms with van der Waals surface area (Å²) < 4.78 is 7.02. The van der Waals surface area contributed by atoms with E-state index in [1.807, 2.05) is 29.1 Å². The Kier molecular flexibility index (Phi) is 5.17. The number of nitrogens with zero attached hydrogens (tertiary/aromatic N) is 3. The number of ether oxygens (including phenoxy) is 1. The third kappa shape index (κ3) is 3.93. The first-order valence-electron chi connectivity index (χ1n) is 6.25. The first-order chi connectivity index (χ1) is 9.33. The number of aromatic nitrogens is 2. The van der Waals surface area contributed by atoms with Crippen molar-refractivity contribution in [2.45, 2.75) is 13.5 Å². The van der Waals surface area contributed by atoms with E-state index in [2.05, 4.69) is 20.6 Å². The molecule has 0 aliphatic heterocycles. The molecule has 0 bridgehead atoms. The highest BCUT2D eigenvalue weighted by molar-refractivity contribution is 7.15. The lowest BCUT2D eigenvalue weighted by atomic mass is 10.5. The van der Waals surface area contributed by atoms with Crippen LogP contribution in [0.3, 0.4) is 0 Å². The molecule has 0 aromatic carbocycles. The molecule has 0 aliphatic carbocycles. The monoisotopic (exact) mass is 281 g/mol. The molecule has 0 fully saturated rings. The second-order valence-electron chi connectivity index (χ2n) is 3.94. The average Bonchev–Trinajstić information content (AvgIpc) is 2.96. The van der Waals surface area contributed by atoms with Crippen LogP contribution in [-0.2, 0) is 11.3 Å². The maximum absolute atomic E-state index is 5.00. The average molecular weight is 281 g/mol. The van der Waals surface area contributed by atoms with E-state index in [9.17, 15) is 0 Å². The Balaban J connectivity index is 1.94. The quantitative estimate of drug-likeness (QED) is 0.473.